The summed E-state index contributed by atoms with van der Waals surface area (Å²) in [6, 6.07) is 14.4. The second-order valence-corrected chi connectivity index (χ2v) is 6.76. The lowest BCUT2D eigenvalue weighted by Gasteiger charge is -2.08. The number of ketones is 1. The van der Waals surface area contributed by atoms with Crippen molar-refractivity contribution in [2.24, 2.45) is 0 Å². The Morgan fingerprint density at radius 2 is 1.71 bits per heavy atom. The van der Waals surface area contributed by atoms with E-state index in [1.807, 2.05) is 24.3 Å². The van der Waals surface area contributed by atoms with Crippen molar-refractivity contribution >= 4 is 56.7 Å². The van der Waals surface area contributed by atoms with Crippen molar-refractivity contribution in [3.63, 3.8) is 0 Å². The van der Waals surface area contributed by atoms with Gasteiger partial charge >= 0.3 is 0 Å². The first-order chi connectivity index (χ1) is 11.5. The Kier molecular flexibility index (Phi) is 5.19. The molecule has 0 saturated heterocycles. The number of nitrogens with zero attached hydrogens (tertiary/aromatic N) is 2. The Hall–Kier alpha value is -1.88. The third-order valence-electron chi connectivity index (χ3n) is 3.34. The normalized spacial score (nSPS) is 11.5. The number of benzene rings is 2. The van der Waals surface area contributed by atoms with Crippen LogP contribution in [0.3, 0.4) is 0 Å². The minimum absolute atomic E-state index is 0.133. The summed E-state index contributed by atoms with van der Waals surface area (Å²) in [5, 5.41) is 0.958. The highest BCUT2D eigenvalue weighted by Gasteiger charge is 2.15. The van der Waals surface area contributed by atoms with Gasteiger partial charge in [0.25, 0.3) is 0 Å². The number of hydrogen-bond acceptors (Lipinski definition) is 2. The summed E-state index contributed by atoms with van der Waals surface area (Å²) in [6.07, 6.45) is 4.89. The van der Waals surface area contributed by atoms with Crippen LogP contribution in [0.15, 0.2) is 65.5 Å². The smallest absolute Gasteiger partial charge is 0.209 e. The molecule has 0 spiro atoms. The average molecular weight is 422 g/mol. The van der Waals surface area contributed by atoms with Gasteiger partial charge < -0.3 is 4.57 Å². The van der Waals surface area contributed by atoms with Gasteiger partial charge in [0.05, 0.1) is 5.70 Å². The van der Waals surface area contributed by atoms with Gasteiger partial charge in [-0.05, 0) is 48.0 Å². The maximum absolute atomic E-state index is 12.9. The molecule has 0 atom stereocenters. The predicted molar refractivity (Wildman–Crippen MR) is 101 cm³/mol. The number of hydrogen-bond donors (Lipinski definition) is 0. The number of Topliss-reactive ketones (excluding diaryl/α,β-unsaturated/α-hetero) is 1. The first kappa shape index (κ1) is 17.0. The van der Waals surface area contributed by atoms with Crippen molar-refractivity contribution in [2.45, 2.75) is 0 Å². The Labute approximate surface area is 157 Å². The molecule has 0 amide bonds. The topological polar surface area (TPSA) is 34.9 Å². The summed E-state index contributed by atoms with van der Waals surface area (Å²) in [5.41, 5.74) is 1.87. The van der Waals surface area contributed by atoms with Gasteiger partial charge in [0.1, 0.15) is 11.5 Å². The van der Waals surface area contributed by atoms with E-state index in [9.17, 15) is 4.79 Å². The van der Waals surface area contributed by atoms with Gasteiger partial charge in [-0.1, -0.05) is 51.3 Å². The standard InChI is InChI=1S/C18H11BrCl2N2O/c19-14-5-3-13(4-6-14)18(24)16(23-10-17(21)22-11-23)9-12-1-7-15(20)8-2-12/h1-11H/b16-9+. The molecule has 2 aromatic carbocycles. The fourth-order valence-electron chi connectivity index (χ4n) is 2.15. The molecule has 1 heterocycles. The highest BCUT2D eigenvalue weighted by molar-refractivity contribution is 9.10. The van der Waals surface area contributed by atoms with Crippen LogP contribution in [0.2, 0.25) is 10.2 Å². The quantitative estimate of drug-likeness (QED) is 0.392. The number of carbonyl (C=O) groups is 1. The number of rotatable bonds is 4. The van der Waals surface area contributed by atoms with Crippen molar-refractivity contribution in [2.75, 3.05) is 0 Å². The highest BCUT2D eigenvalue weighted by Crippen LogP contribution is 2.21. The summed E-state index contributed by atoms with van der Waals surface area (Å²) in [6.45, 7) is 0. The lowest BCUT2D eigenvalue weighted by Crippen LogP contribution is -2.08. The zero-order chi connectivity index (χ0) is 17.1. The van der Waals surface area contributed by atoms with E-state index in [1.165, 1.54) is 6.33 Å². The maximum Gasteiger partial charge on any atom is 0.209 e. The molecule has 1 aromatic heterocycles. The monoisotopic (exact) mass is 420 g/mol. The van der Waals surface area contributed by atoms with Crippen LogP contribution in [-0.2, 0) is 0 Å². The van der Waals surface area contributed by atoms with Crippen molar-refractivity contribution in [1.82, 2.24) is 9.55 Å². The Morgan fingerprint density at radius 1 is 1.04 bits per heavy atom. The molecule has 0 aliphatic carbocycles. The van der Waals surface area contributed by atoms with Crippen LogP contribution in [-0.4, -0.2) is 15.3 Å². The molecule has 0 saturated carbocycles. The van der Waals surface area contributed by atoms with Crippen LogP contribution >= 0.6 is 39.1 Å². The molecular weight excluding hydrogens is 411 g/mol. The van der Waals surface area contributed by atoms with Crippen LogP contribution in [0.25, 0.3) is 11.8 Å². The van der Waals surface area contributed by atoms with Crippen LogP contribution in [0, 0.1) is 0 Å². The molecule has 120 valence electrons. The van der Waals surface area contributed by atoms with Crippen molar-refractivity contribution in [3.8, 4) is 0 Å². The Morgan fingerprint density at radius 3 is 2.29 bits per heavy atom. The second-order valence-electron chi connectivity index (χ2n) is 5.02. The minimum atomic E-state index is -0.133. The van der Waals surface area contributed by atoms with E-state index >= 15 is 0 Å². The Balaban J connectivity index is 2.06. The zero-order valence-electron chi connectivity index (χ0n) is 12.3. The number of imidazole rings is 1. The number of halogens is 3. The number of allylic oxidation sites excluding steroid dienone is 1. The zero-order valence-corrected chi connectivity index (χ0v) is 15.4. The summed E-state index contributed by atoms with van der Waals surface area (Å²) in [4.78, 5) is 16.9. The maximum atomic E-state index is 12.9. The van der Waals surface area contributed by atoms with Crippen LogP contribution < -0.4 is 0 Å². The van der Waals surface area contributed by atoms with E-state index in [2.05, 4.69) is 20.9 Å². The lowest BCUT2D eigenvalue weighted by molar-refractivity contribution is 0.105. The molecule has 0 aliphatic rings. The van der Waals surface area contributed by atoms with Gasteiger partial charge in [-0.25, -0.2) is 4.98 Å². The van der Waals surface area contributed by atoms with E-state index in [-0.39, 0.29) is 5.78 Å². The van der Waals surface area contributed by atoms with E-state index < -0.39 is 0 Å². The molecule has 0 aliphatic heterocycles. The molecular formula is C18H11BrCl2N2O. The van der Waals surface area contributed by atoms with Gasteiger partial charge in [0, 0.05) is 21.3 Å². The van der Waals surface area contributed by atoms with E-state index in [0.29, 0.717) is 21.4 Å². The lowest BCUT2D eigenvalue weighted by atomic mass is 10.1. The summed E-state index contributed by atoms with van der Waals surface area (Å²) < 4.78 is 2.52. The van der Waals surface area contributed by atoms with Gasteiger partial charge in [-0.2, -0.15) is 0 Å². The summed E-state index contributed by atoms with van der Waals surface area (Å²) in [7, 11) is 0. The minimum Gasteiger partial charge on any atom is -0.301 e. The van der Waals surface area contributed by atoms with E-state index in [4.69, 9.17) is 23.2 Å². The van der Waals surface area contributed by atoms with Crippen LogP contribution in [0.1, 0.15) is 15.9 Å². The molecule has 3 nitrogen and oxygen atoms in total. The van der Waals surface area contributed by atoms with E-state index in [0.717, 1.165) is 10.0 Å². The summed E-state index contributed by atoms with van der Waals surface area (Å²) >= 11 is 15.2. The van der Waals surface area contributed by atoms with Gasteiger partial charge in [0.2, 0.25) is 5.78 Å². The third-order valence-corrected chi connectivity index (χ3v) is 4.32. The fraction of sp³-hybridized carbons (Fsp3) is 0. The first-order valence-electron chi connectivity index (χ1n) is 7.00. The molecule has 0 bridgehead atoms. The number of aromatic nitrogens is 2. The molecule has 0 fully saturated rings. The molecule has 0 radical (unpaired) electrons. The molecule has 24 heavy (non-hydrogen) atoms. The van der Waals surface area contributed by atoms with E-state index in [1.54, 1.807) is 41.1 Å². The van der Waals surface area contributed by atoms with Crippen molar-refractivity contribution in [1.29, 1.82) is 0 Å². The molecule has 3 rings (SSSR count). The van der Waals surface area contributed by atoms with Gasteiger partial charge in [0.15, 0.2) is 0 Å². The van der Waals surface area contributed by atoms with Gasteiger partial charge in [-0.15, -0.1) is 0 Å². The Bertz CT molecular complexity index is 900. The predicted octanol–water partition coefficient (Wildman–Crippen LogP) is 5.83. The third kappa shape index (κ3) is 3.96. The SMILES string of the molecule is O=C(/C(=C\c1ccc(Cl)cc1)n1cnc(Cl)c1)c1ccc(Br)cc1. The molecule has 6 heteroatoms. The average Bonchev–Trinajstić information content (AvgIpc) is 3.00. The number of carbonyl (C=O) groups excluding carboxylic acids is 1. The van der Waals surface area contributed by atoms with Crippen molar-refractivity contribution < 1.29 is 4.79 Å². The van der Waals surface area contributed by atoms with Crippen LogP contribution in [0.4, 0.5) is 0 Å². The fourth-order valence-corrected chi connectivity index (χ4v) is 2.69. The summed E-state index contributed by atoms with van der Waals surface area (Å²) in [5.74, 6) is -0.133. The van der Waals surface area contributed by atoms with Crippen LogP contribution in [0.5, 0.6) is 0 Å². The van der Waals surface area contributed by atoms with Crippen molar-refractivity contribution in [3.05, 3.63) is 86.8 Å². The first-order valence-corrected chi connectivity index (χ1v) is 8.55. The highest BCUT2D eigenvalue weighted by atomic mass is 79.9. The second kappa shape index (κ2) is 7.34. The molecule has 3 aromatic rings. The molecule has 0 N–H and O–H groups in total. The molecule has 0 unspecified atom stereocenters. The van der Waals surface area contributed by atoms with Gasteiger partial charge in [-0.3, -0.25) is 4.79 Å². The largest absolute Gasteiger partial charge is 0.301 e.